The molecule has 0 saturated carbocycles. The van der Waals surface area contributed by atoms with Gasteiger partial charge in [-0.1, -0.05) is 12.1 Å². The predicted molar refractivity (Wildman–Crippen MR) is 282 cm³/mol. The molecule has 0 fully saturated rings. The molecule has 8 aromatic carbocycles. The first-order valence-corrected chi connectivity index (χ1v) is 30.3. The first-order valence-electron chi connectivity index (χ1n) is 21.7. The summed E-state index contributed by atoms with van der Waals surface area (Å²) in [5.41, 5.74) is -0.948. The maximum atomic E-state index is 13.0. The minimum absolute atomic E-state index is 0.0546. The molecule has 32 nitrogen and oxygen atoms in total. The lowest BCUT2D eigenvalue weighted by Gasteiger charge is -2.15. The molecule has 0 aliphatic rings. The number of phenols is 3. The largest absolute Gasteiger partial charge is 0.505 e. The number of hydrogen-bond donors (Lipinski definition) is 11. The van der Waals surface area contributed by atoms with E-state index in [1.807, 2.05) is 0 Å². The van der Waals surface area contributed by atoms with Crippen molar-refractivity contribution >= 4 is 144 Å². The summed E-state index contributed by atoms with van der Waals surface area (Å²) in [6, 6.07) is 15.2. The Labute approximate surface area is 460 Å². The summed E-state index contributed by atoms with van der Waals surface area (Å²) in [6.07, 6.45) is 0. The summed E-state index contributed by atoms with van der Waals surface area (Å²) >= 11 is 0. The number of rotatable bonds is 16. The highest BCUT2D eigenvalue weighted by molar-refractivity contribution is 7.87. The molecule has 0 aliphatic carbocycles. The van der Waals surface area contributed by atoms with E-state index in [1.165, 1.54) is 37.4 Å². The molecule has 0 aliphatic heterocycles. The van der Waals surface area contributed by atoms with Crippen LogP contribution in [0.15, 0.2) is 167 Å². The van der Waals surface area contributed by atoms with Crippen LogP contribution in [0.4, 0.5) is 51.2 Å². The lowest BCUT2D eigenvalue weighted by Crippen LogP contribution is -2.04. The summed E-state index contributed by atoms with van der Waals surface area (Å²) in [5.74, 6) is -3.05. The van der Waals surface area contributed by atoms with Crippen LogP contribution in [-0.2, 0) is 67.3 Å². The molecule has 12 N–H and O–H groups in total. The number of aromatic hydroxyl groups is 3. The fraction of sp³-hybridized carbons (Fsp3) is 0.0455. The van der Waals surface area contributed by atoms with E-state index in [-0.39, 0.29) is 11.3 Å². The van der Waals surface area contributed by atoms with Gasteiger partial charge < -0.3 is 30.9 Å². The van der Waals surface area contributed by atoms with Gasteiger partial charge in [0.25, 0.3) is 60.7 Å². The number of aliphatic hydroxyl groups excluding tert-OH is 1. The fourth-order valence-electron chi connectivity index (χ4n) is 7.92. The first-order chi connectivity index (χ1) is 38.0. The Morgan fingerprint density at radius 2 is 0.841 bits per heavy atom. The van der Waals surface area contributed by atoms with Crippen molar-refractivity contribution < 1.29 is 103 Å². The highest BCUT2D eigenvalue weighted by Gasteiger charge is 2.31. The fourth-order valence-corrected chi connectivity index (χ4v) is 12.2. The molecule has 0 aromatic heterocycles. The lowest BCUT2D eigenvalue weighted by atomic mass is 10.0. The van der Waals surface area contributed by atoms with Gasteiger partial charge in [0.15, 0.2) is 17.2 Å². The van der Waals surface area contributed by atoms with Gasteiger partial charge in [-0.15, -0.1) is 35.8 Å². The molecule has 0 heterocycles. The standard InChI is InChI=1S/C44H33N9O23S6/c1-76-22-5-3-21(4-6-22)46-52-38-34(80(67,68)69)17-26-24(41(38)56)8-13-30(44(26)82(73,74)75)49-51-37-32(78(61,62)63)15-20-16-33(79(64,65)66)39(42(57)35(20)36(37)45)53-50-29-12-7-23-25(43(29)81(70,71)72)9-11-28(40(23)55)48-47-27-10-2-19(18-54)14-31(27)77(58,59)60/h2-17,54-57H,18,45H2,1H3,(H,58,59,60)(H,61,62,63)(H,64,65,66)(H,67,68,69)(H,70,71,72)(H,73,74,75). The monoisotopic (exact) mass is 1250 g/mol. The molecule has 0 saturated heterocycles. The van der Waals surface area contributed by atoms with Crippen molar-refractivity contribution in [1.82, 2.24) is 0 Å². The molecule has 0 spiro atoms. The Hall–Kier alpha value is -8.64. The third-order valence-corrected chi connectivity index (χ3v) is 16.9. The normalized spacial score (nSPS) is 13.3. The SMILES string of the molecule is COc1ccc(N=Nc2c(S(=O)(=O)O)cc3c(S(=O)(=O)O)c(N=Nc4c(S(=O)(=O)O)cc5cc(S(=O)(=O)O)c(N=Nc6ccc7c(O)c(N=Nc8ccc(CO)cc8S(=O)(=O)O)ccc7c6S(=O)(=O)O)c(O)c5c4N)ccc3c2O)cc1. The second kappa shape index (κ2) is 21.4. The van der Waals surface area contributed by atoms with Crippen LogP contribution >= 0.6 is 0 Å². The number of azo groups is 4. The van der Waals surface area contributed by atoms with E-state index in [4.69, 9.17) is 10.5 Å². The molecule has 428 valence electrons. The van der Waals surface area contributed by atoms with Crippen molar-refractivity contribution in [1.29, 1.82) is 0 Å². The third-order valence-electron chi connectivity index (χ3n) is 11.5. The van der Waals surface area contributed by atoms with Crippen molar-refractivity contribution in [2.45, 2.75) is 36.0 Å². The van der Waals surface area contributed by atoms with Crippen molar-refractivity contribution in [3.05, 3.63) is 103 Å². The van der Waals surface area contributed by atoms with Crippen LogP contribution in [0.3, 0.4) is 0 Å². The molecular formula is C44H33N9O23S6. The molecule has 0 radical (unpaired) electrons. The maximum Gasteiger partial charge on any atom is 0.297 e. The van der Waals surface area contributed by atoms with E-state index < -0.39 is 192 Å². The molecule has 0 atom stereocenters. The molecular weight excluding hydrogens is 1210 g/mol. The Morgan fingerprint density at radius 1 is 0.415 bits per heavy atom. The Morgan fingerprint density at radius 3 is 1.37 bits per heavy atom. The van der Waals surface area contributed by atoms with Crippen LogP contribution in [0.5, 0.6) is 23.0 Å². The van der Waals surface area contributed by atoms with E-state index >= 15 is 0 Å². The second-order valence-corrected chi connectivity index (χ2v) is 24.9. The second-order valence-electron chi connectivity index (χ2n) is 16.6. The molecule has 0 bridgehead atoms. The highest BCUT2D eigenvalue weighted by atomic mass is 32.2. The number of hydrogen-bond acceptors (Lipinski definition) is 26. The molecule has 8 rings (SSSR count). The summed E-state index contributed by atoms with van der Waals surface area (Å²) in [7, 11) is -31.4. The Balaban J connectivity index is 1.28. The number of nitrogens with two attached hydrogens (primary N) is 1. The van der Waals surface area contributed by atoms with E-state index in [0.29, 0.717) is 23.9 Å². The average Bonchev–Trinajstić information content (AvgIpc) is 3.45. The van der Waals surface area contributed by atoms with Crippen molar-refractivity contribution in [2.75, 3.05) is 12.8 Å². The number of fused-ring (bicyclic) bond motifs is 3. The summed E-state index contributed by atoms with van der Waals surface area (Å²) in [4.78, 5) is -7.38. The molecule has 0 amide bonds. The van der Waals surface area contributed by atoms with E-state index in [0.717, 1.165) is 48.5 Å². The van der Waals surface area contributed by atoms with Crippen molar-refractivity contribution in [3.8, 4) is 23.0 Å². The van der Waals surface area contributed by atoms with Gasteiger partial charge in [0.2, 0.25) is 0 Å². The van der Waals surface area contributed by atoms with Gasteiger partial charge in [0.05, 0.1) is 30.5 Å². The van der Waals surface area contributed by atoms with Crippen LogP contribution in [0, 0.1) is 0 Å². The molecule has 8 aromatic rings. The van der Waals surface area contributed by atoms with Crippen LogP contribution in [0.25, 0.3) is 32.3 Å². The number of aliphatic hydroxyl groups is 1. The minimum Gasteiger partial charge on any atom is -0.505 e. The van der Waals surface area contributed by atoms with Gasteiger partial charge >= 0.3 is 0 Å². The van der Waals surface area contributed by atoms with Gasteiger partial charge in [-0.25, -0.2) is 0 Å². The van der Waals surface area contributed by atoms with Crippen LogP contribution in [0.1, 0.15) is 5.56 Å². The number of benzene rings is 8. The van der Waals surface area contributed by atoms with E-state index in [1.54, 1.807) is 0 Å². The number of anilines is 1. The smallest absolute Gasteiger partial charge is 0.297 e. The molecule has 82 heavy (non-hydrogen) atoms. The van der Waals surface area contributed by atoms with Crippen LogP contribution < -0.4 is 10.5 Å². The zero-order valence-corrected chi connectivity index (χ0v) is 45.2. The van der Waals surface area contributed by atoms with Crippen LogP contribution in [0.2, 0.25) is 0 Å². The van der Waals surface area contributed by atoms with Gasteiger partial charge in [-0.3, -0.25) is 27.3 Å². The lowest BCUT2D eigenvalue weighted by molar-refractivity contribution is 0.281. The zero-order chi connectivity index (χ0) is 60.4. The zero-order valence-electron chi connectivity index (χ0n) is 40.3. The number of nitrogen functional groups attached to an aromatic ring is 1. The average molecular weight is 1250 g/mol. The van der Waals surface area contributed by atoms with Crippen molar-refractivity contribution in [3.63, 3.8) is 0 Å². The molecule has 38 heteroatoms. The van der Waals surface area contributed by atoms with E-state index in [2.05, 4.69) is 40.9 Å². The van der Waals surface area contributed by atoms with Gasteiger partial charge in [-0.2, -0.15) is 55.6 Å². The topological polar surface area (TPSA) is 541 Å². The number of ether oxygens (including phenoxy) is 1. The summed E-state index contributed by atoms with van der Waals surface area (Å²) in [5, 5.41) is 69.0. The Kier molecular flexibility index (Phi) is 15.5. The van der Waals surface area contributed by atoms with Gasteiger partial charge in [0.1, 0.15) is 74.9 Å². The van der Waals surface area contributed by atoms with Crippen molar-refractivity contribution in [2.24, 2.45) is 40.9 Å². The number of phenolic OH excluding ortho intramolecular Hbond substituents is 3. The quantitative estimate of drug-likeness (QED) is 0.0245. The number of methoxy groups -OCH3 is 1. The first kappa shape index (κ1) is 59.5. The third kappa shape index (κ3) is 11.8. The summed E-state index contributed by atoms with van der Waals surface area (Å²) in [6.45, 7) is -0.629. The minimum atomic E-state index is -5.66. The number of nitrogens with zero attached hydrogens (tertiary/aromatic N) is 8. The predicted octanol–water partition coefficient (Wildman–Crippen LogP) is 8.49. The highest BCUT2D eigenvalue weighted by Crippen LogP contribution is 2.51. The molecule has 0 unspecified atom stereocenters. The summed E-state index contributed by atoms with van der Waals surface area (Å²) < 4.78 is 219. The van der Waals surface area contributed by atoms with E-state index in [9.17, 15) is 98.2 Å². The van der Waals surface area contributed by atoms with Gasteiger partial charge in [-0.05, 0) is 95.9 Å². The maximum absolute atomic E-state index is 13.0. The van der Waals surface area contributed by atoms with Gasteiger partial charge in [0, 0.05) is 21.5 Å². The Bertz CT molecular complexity index is 4930. The van der Waals surface area contributed by atoms with Crippen LogP contribution in [-0.4, -0.2) is 105 Å².